The Balaban J connectivity index is 2.26. The lowest BCUT2D eigenvalue weighted by Gasteiger charge is -2.26. The Bertz CT molecular complexity index is 249. The number of likely N-dealkylation sites (N-methyl/N-ethyl adjacent to an activating group) is 1. The summed E-state index contributed by atoms with van der Waals surface area (Å²) in [6, 6.07) is 0. The molecule has 1 fully saturated rings. The fourth-order valence-corrected chi connectivity index (χ4v) is 1.48. The standard InChI is InChI=1S/C10H20N4O2/c1-13(2)6-5-12-9(15)10(16)14-7-3-11-4-8-14/h11H,3-8H2,1-2H3,(H,12,15). The minimum Gasteiger partial charge on any atom is -0.347 e. The molecule has 1 heterocycles. The normalized spacial score (nSPS) is 16.3. The SMILES string of the molecule is CN(C)CCNC(=O)C(=O)N1CCNCC1. The summed E-state index contributed by atoms with van der Waals surface area (Å²) < 4.78 is 0. The molecular weight excluding hydrogens is 208 g/mol. The third-order valence-corrected chi connectivity index (χ3v) is 2.44. The first kappa shape index (κ1) is 12.9. The molecule has 6 heteroatoms. The van der Waals surface area contributed by atoms with Gasteiger partial charge in [0.2, 0.25) is 0 Å². The summed E-state index contributed by atoms with van der Waals surface area (Å²) >= 11 is 0. The molecule has 0 aromatic rings. The molecule has 0 radical (unpaired) electrons. The first-order valence-corrected chi connectivity index (χ1v) is 5.54. The zero-order valence-corrected chi connectivity index (χ0v) is 9.95. The predicted molar refractivity (Wildman–Crippen MR) is 61.0 cm³/mol. The molecule has 1 aliphatic heterocycles. The van der Waals surface area contributed by atoms with E-state index in [1.165, 1.54) is 0 Å². The van der Waals surface area contributed by atoms with Crippen molar-refractivity contribution in [3.05, 3.63) is 0 Å². The summed E-state index contributed by atoms with van der Waals surface area (Å²) in [6.45, 7) is 3.98. The van der Waals surface area contributed by atoms with Gasteiger partial charge in [-0.15, -0.1) is 0 Å². The molecule has 2 N–H and O–H groups in total. The number of nitrogens with zero attached hydrogens (tertiary/aromatic N) is 2. The van der Waals surface area contributed by atoms with Crippen LogP contribution in [0, 0.1) is 0 Å². The smallest absolute Gasteiger partial charge is 0.311 e. The van der Waals surface area contributed by atoms with Crippen LogP contribution in [-0.2, 0) is 9.59 Å². The van der Waals surface area contributed by atoms with Gasteiger partial charge >= 0.3 is 11.8 Å². The van der Waals surface area contributed by atoms with Crippen LogP contribution in [0.1, 0.15) is 0 Å². The quantitative estimate of drug-likeness (QED) is 0.554. The van der Waals surface area contributed by atoms with Crippen molar-refractivity contribution in [3.8, 4) is 0 Å². The van der Waals surface area contributed by atoms with E-state index in [0.717, 1.165) is 19.6 Å². The molecule has 0 bridgehead atoms. The van der Waals surface area contributed by atoms with Crippen molar-refractivity contribution < 1.29 is 9.59 Å². The molecule has 0 atom stereocenters. The Hall–Kier alpha value is -1.14. The van der Waals surface area contributed by atoms with Crippen LogP contribution in [0.5, 0.6) is 0 Å². The van der Waals surface area contributed by atoms with Crippen LogP contribution in [0.15, 0.2) is 0 Å². The van der Waals surface area contributed by atoms with Gasteiger partial charge in [-0.2, -0.15) is 0 Å². The second-order valence-corrected chi connectivity index (χ2v) is 4.10. The average molecular weight is 228 g/mol. The van der Waals surface area contributed by atoms with Gasteiger partial charge in [-0.25, -0.2) is 0 Å². The molecule has 1 rings (SSSR count). The Morgan fingerprint density at radius 1 is 1.31 bits per heavy atom. The lowest BCUT2D eigenvalue weighted by Crippen LogP contribution is -2.51. The van der Waals surface area contributed by atoms with Crippen molar-refractivity contribution in [2.75, 3.05) is 53.4 Å². The highest BCUT2D eigenvalue weighted by Crippen LogP contribution is 1.93. The average Bonchev–Trinajstić information content (AvgIpc) is 2.28. The number of amides is 2. The number of hydrogen-bond acceptors (Lipinski definition) is 4. The van der Waals surface area contributed by atoms with E-state index in [1.54, 1.807) is 4.90 Å². The maximum Gasteiger partial charge on any atom is 0.311 e. The topological polar surface area (TPSA) is 64.7 Å². The van der Waals surface area contributed by atoms with Gasteiger partial charge in [-0.05, 0) is 14.1 Å². The summed E-state index contributed by atoms with van der Waals surface area (Å²) in [7, 11) is 3.84. The van der Waals surface area contributed by atoms with Crippen molar-refractivity contribution in [1.82, 2.24) is 20.4 Å². The lowest BCUT2D eigenvalue weighted by molar-refractivity contribution is -0.146. The van der Waals surface area contributed by atoms with E-state index in [9.17, 15) is 9.59 Å². The van der Waals surface area contributed by atoms with Crippen LogP contribution in [0.4, 0.5) is 0 Å². The zero-order chi connectivity index (χ0) is 12.0. The van der Waals surface area contributed by atoms with Crippen molar-refractivity contribution in [2.45, 2.75) is 0 Å². The van der Waals surface area contributed by atoms with E-state index in [2.05, 4.69) is 10.6 Å². The second-order valence-electron chi connectivity index (χ2n) is 4.10. The van der Waals surface area contributed by atoms with E-state index < -0.39 is 11.8 Å². The van der Waals surface area contributed by atoms with E-state index in [0.29, 0.717) is 19.6 Å². The van der Waals surface area contributed by atoms with Gasteiger partial charge in [-0.3, -0.25) is 9.59 Å². The summed E-state index contributed by atoms with van der Waals surface area (Å²) in [4.78, 5) is 26.7. The number of carbonyl (C=O) groups excluding carboxylic acids is 2. The highest BCUT2D eigenvalue weighted by Gasteiger charge is 2.22. The minimum atomic E-state index is -0.497. The van der Waals surface area contributed by atoms with Crippen molar-refractivity contribution in [3.63, 3.8) is 0 Å². The van der Waals surface area contributed by atoms with Crippen molar-refractivity contribution >= 4 is 11.8 Å². The van der Waals surface area contributed by atoms with Crippen LogP contribution in [-0.4, -0.2) is 75.0 Å². The first-order valence-electron chi connectivity index (χ1n) is 5.54. The van der Waals surface area contributed by atoms with Gasteiger partial charge in [0.05, 0.1) is 0 Å². The molecule has 2 amide bonds. The van der Waals surface area contributed by atoms with Gasteiger partial charge in [0.15, 0.2) is 0 Å². The van der Waals surface area contributed by atoms with Crippen LogP contribution in [0.25, 0.3) is 0 Å². The number of rotatable bonds is 3. The van der Waals surface area contributed by atoms with Crippen LogP contribution >= 0.6 is 0 Å². The molecular formula is C10H20N4O2. The van der Waals surface area contributed by atoms with E-state index >= 15 is 0 Å². The summed E-state index contributed by atoms with van der Waals surface area (Å²) in [5.41, 5.74) is 0. The summed E-state index contributed by atoms with van der Waals surface area (Å²) in [5.74, 6) is -0.913. The highest BCUT2D eigenvalue weighted by molar-refractivity contribution is 6.35. The monoisotopic (exact) mass is 228 g/mol. The van der Waals surface area contributed by atoms with E-state index in [4.69, 9.17) is 0 Å². The molecule has 0 aromatic heterocycles. The number of nitrogens with one attached hydrogen (secondary N) is 2. The van der Waals surface area contributed by atoms with Crippen molar-refractivity contribution in [1.29, 1.82) is 0 Å². The largest absolute Gasteiger partial charge is 0.347 e. The molecule has 0 saturated carbocycles. The number of carbonyl (C=O) groups is 2. The lowest BCUT2D eigenvalue weighted by atomic mass is 10.3. The molecule has 16 heavy (non-hydrogen) atoms. The molecule has 1 aliphatic rings. The van der Waals surface area contributed by atoms with E-state index in [-0.39, 0.29) is 0 Å². The Labute approximate surface area is 96.0 Å². The minimum absolute atomic E-state index is 0.416. The van der Waals surface area contributed by atoms with Crippen LogP contribution in [0.2, 0.25) is 0 Å². The van der Waals surface area contributed by atoms with Gasteiger partial charge in [-0.1, -0.05) is 0 Å². The third-order valence-electron chi connectivity index (χ3n) is 2.44. The highest BCUT2D eigenvalue weighted by atomic mass is 16.2. The summed E-state index contributed by atoms with van der Waals surface area (Å²) in [6.07, 6.45) is 0. The first-order chi connectivity index (χ1) is 7.61. The van der Waals surface area contributed by atoms with Crippen molar-refractivity contribution in [2.24, 2.45) is 0 Å². The van der Waals surface area contributed by atoms with Crippen LogP contribution < -0.4 is 10.6 Å². The Kier molecular flexibility index (Phi) is 5.21. The molecule has 6 nitrogen and oxygen atoms in total. The molecule has 1 saturated heterocycles. The number of hydrogen-bond donors (Lipinski definition) is 2. The zero-order valence-electron chi connectivity index (χ0n) is 9.95. The maximum absolute atomic E-state index is 11.6. The van der Waals surface area contributed by atoms with Gasteiger partial charge in [0.1, 0.15) is 0 Å². The predicted octanol–water partition coefficient (Wildman–Crippen LogP) is -1.90. The molecule has 92 valence electrons. The fraction of sp³-hybridized carbons (Fsp3) is 0.800. The fourth-order valence-electron chi connectivity index (χ4n) is 1.48. The Morgan fingerprint density at radius 3 is 2.50 bits per heavy atom. The molecule has 0 spiro atoms. The molecule has 0 aromatic carbocycles. The van der Waals surface area contributed by atoms with Gasteiger partial charge < -0.3 is 20.4 Å². The number of piperazine rings is 1. The molecule has 0 aliphatic carbocycles. The second kappa shape index (κ2) is 6.44. The summed E-state index contributed by atoms with van der Waals surface area (Å²) in [5, 5.41) is 5.75. The Morgan fingerprint density at radius 2 is 1.94 bits per heavy atom. The third kappa shape index (κ3) is 4.16. The maximum atomic E-state index is 11.6. The molecule has 0 unspecified atom stereocenters. The van der Waals surface area contributed by atoms with Gasteiger partial charge in [0, 0.05) is 39.3 Å². The van der Waals surface area contributed by atoms with Gasteiger partial charge in [0.25, 0.3) is 0 Å². The van der Waals surface area contributed by atoms with E-state index in [1.807, 2.05) is 19.0 Å². The van der Waals surface area contributed by atoms with Crippen LogP contribution in [0.3, 0.4) is 0 Å².